The molecule has 0 aliphatic carbocycles. The first-order valence-electron chi connectivity index (χ1n) is 11.8. The van der Waals surface area contributed by atoms with E-state index in [9.17, 15) is 9.59 Å². The van der Waals surface area contributed by atoms with Gasteiger partial charge >= 0.3 is 11.9 Å². The number of hydrogen-bond donors (Lipinski definition) is 0. The Hall–Kier alpha value is -2.60. The van der Waals surface area contributed by atoms with Gasteiger partial charge in [-0.2, -0.15) is 0 Å². The fraction of sp³-hybridized carbons (Fsp3) is 0.241. The second-order valence-electron chi connectivity index (χ2n) is 9.57. The minimum absolute atomic E-state index is 0.310. The number of carbonyl (C=O) groups is 2. The molecular weight excluding hydrogens is 458 g/mol. The Morgan fingerprint density at radius 2 is 1.35 bits per heavy atom. The van der Waals surface area contributed by atoms with Crippen LogP contribution in [0.15, 0.2) is 91.0 Å². The van der Waals surface area contributed by atoms with Crippen LogP contribution < -0.4 is 0 Å². The molecule has 0 saturated carbocycles. The number of allylic oxidation sites excluding steroid dienone is 1. The van der Waals surface area contributed by atoms with Crippen LogP contribution in [-0.4, -0.2) is 23.8 Å². The van der Waals surface area contributed by atoms with Crippen LogP contribution in [0.3, 0.4) is 0 Å². The van der Waals surface area contributed by atoms with Crippen molar-refractivity contribution in [2.24, 2.45) is 11.8 Å². The van der Waals surface area contributed by atoms with Gasteiger partial charge in [0.2, 0.25) is 0 Å². The van der Waals surface area contributed by atoms with Crippen LogP contribution in [0.5, 0.6) is 0 Å². The van der Waals surface area contributed by atoms with E-state index in [4.69, 9.17) is 4.74 Å². The van der Waals surface area contributed by atoms with Crippen LogP contribution in [0.25, 0.3) is 10.9 Å². The van der Waals surface area contributed by atoms with E-state index in [0.29, 0.717) is 5.92 Å². The minimum Gasteiger partial charge on any atom is -0.392 e. The van der Waals surface area contributed by atoms with Crippen molar-refractivity contribution in [3.05, 3.63) is 108 Å². The average Bonchev–Trinajstić information content (AvgIpc) is 3.43. The van der Waals surface area contributed by atoms with Gasteiger partial charge in [0, 0.05) is 0 Å². The first-order valence-corrected chi connectivity index (χ1v) is 15.4. The van der Waals surface area contributed by atoms with E-state index in [-0.39, 0.29) is 17.6 Å². The van der Waals surface area contributed by atoms with Crippen molar-refractivity contribution in [2.75, 3.05) is 6.16 Å². The van der Waals surface area contributed by atoms with Gasteiger partial charge in [-0.25, -0.2) is 0 Å². The van der Waals surface area contributed by atoms with Gasteiger partial charge in [0.1, 0.15) is 5.66 Å². The van der Waals surface area contributed by atoms with E-state index in [1.807, 2.05) is 18.2 Å². The standard InChI is InChI=1S/C29H26O3P2/c1-19(2)18-33-29(22-16-10-5-11-17-22)23(20-12-6-3-7-13-20)25(21-14-8-4-9-15-21)34(33)26-24(29)27(30)32-28(26)31/h3-17,19,24,26H,18H2,1-2H3/t24-,26-,29-,33?,34?/m0/s1. The number of hydrogen-bond acceptors (Lipinski definition) is 3. The van der Waals surface area contributed by atoms with Crippen molar-refractivity contribution in [3.8, 4) is 0 Å². The van der Waals surface area contributed by atoms with Crippen LogP contribution in [-0.2, 0) is 19.5 Å². The highest BCUT2D eigenvalue weighted by molar-refractivity contribution is 8.36. The van der Waals surface area contributed by atoms with Gasteiger partial charge in [0.25, 0.3) is 0 Å². The first kappa shape index (κ1) is 21.9. The first-order chi connectivity index (χ1) is 16.5. The maximum Gasteiger partial charge on any atom is 0.322 e. The molecule has 0 amide bonds. The van der Waals surface area contributed by atoms with E-state index < -0.39 is 26.3 Å². The van der Waals surface area contributed by atoms with E-state index >= 15 is 0 Å². The summed E-state index contributed by atoms with van der Waals surface area (Å²) >= 11 is 0. The zero-order chi connectivity index (χ0) is 23.4. The summed E-state index contributed by atoms with van der Waals surface area (Å²) in [6.45, 7) is 4.52. The Morgan fingerprint density at radius 3 is 1.94 bits per heavy atom. The maximum atomic E-state index is 13.4. The van der Waals surface area contributed by atoms with Gasteiger partial charge in [-0.15, -0.1) is 0 Å². The molecule has 2 fully saturated rings. The van der Waals surface area contributed by atoms with Crippen molar-refractivity contribution >= 4 is 38.0 Å². The SMILES string of the molecule is CC(C)CP1P2C(c3ccccc3)=C(c3ccccc3)[C@@]1(c1ccccc1)[C@@H]1C(=O)OC(=O)[C@H]12. The Balaban J connectivity index is 1.76. The van der Waals surface area contributed by atoms with Crippen molar-refractivity contribution in [2.45, 2.75) is 24.7 Å². The molecule has 5 heteroatoms. The quantitative estimate of drug-likeness (QED) is 0.221. The molecule has 3 aromatic rings. The summed E-state index contributed by atoms with van der Waals surface area (Å²) in [4.78, 5) is 26.7. The van der Waals surface area contributed by atoms with Crippen LogP contribution in [0.1, 0.15) is 30.5 Å². The molecular formula is C29H26O3P2. The Labute approximate surface area is 202 Å². The number of carbonyl (C=O) groups excluding carboxylic acids is 2. The van der Waals surface area contributed by atoms with Crippen molar-refractivity contribution in [1.29, 1.82) is 0 Å². The molecule has 2 unspecified atom stereocenters. The van der Waals surface area contributed by atoms with E-state index in [1.54, 1.807) is 0 Å². The topological polar surface area (TPSA) is 43.4 Å². The number of cyclic esters (lactones) is 2. The molecule has 0 aromatic heterocycles. The Kier molecular flexibility index (Phi) is 5.32. The van der Waals surface area contributed by atoms with Crippen LogP contribution in [0, 0.1) is 11.8 Å². The number of rotatable bonds is 5. The summed E-state index contributed by atoms with van der Waals surface area (Å²) in [6.07, 6.45) is 1.02. The molecule has 2 bridgehead atoms. The minimum atomic E-state index is -0.897. The van der Waals surface area contributed by atoms with Gasteiger partial charge in [-0.05, 0) is 47.3 Å². The molecule has 6 rings (SSSR count). The summed E-state index contributed by atoms with van der Waals surface area (Å²) in [5.41, 5.74) is 4.37. The zero-order valence-corrected chi connectivity index (χ0v) is 21.0. The molecule has 2 saturated heterocycles. The predicted molar refractivity (Wildman–Crippen MR) is 140 cm³/mol. The smallest absolute Gasteiger partial charge is 0.322 e. The lowest BCUT2D eigenvalue weighted by atomic mass is 9.74. The summed E-state index contributed by atoms with van der Waals surface area (Å²) < 4.78 is 5.40. The van der Waals surface area contributed by atoms with Crippen molar-refractivity contribution < 1.29 is 14.3 Å². The second-order valence-corrected chi connectivity index (χ2v) is 15.9. The van der Waals surface area contributed by atoms with E-state index in [1.165, 1.54) is 16.5 Å². The van der Waals surface area contributed by atoms with Crippen LogP contribution in [0.2, 0.25) is 0 Å². The molecule has 0 N–H and O–H groups in total. The molecule has 5 atom stereocenters. The number of benzene rings is 3. The summed E-state index contributed by atoms with van der Waals surface area (Å²) in [6, 6.07) is 31.5. The molecule has 3 heterocycles. The molecule has 0 spiro atoms. The highest BCUT2D eigenvalue weighted by atomic mass is 32.1. The lowest BCUT2D eigenvalue weighted by Gasteiger charge is -2.40. The van der Waals surface area contributed by atoms with E-state index in [2.05, 4.69) is 86.6 Å². The maximum absolute atomic E-state index is 13.4. The second kappa shape index (κ2) is 8.26. The average molecular weight is 484 g/mol. The molecule has 3 nitrogen and oxygen atoms in total. The Morgan fingerprint density at radius 1 is 0.794 bits per heavy atom. The lowest BCUT2D eigenvalue weighted by molar-refractivity contribution is -0.153. The third kappa shape index (κ3) is 2.97. The molecule has 0 radical (unpaired) electrons. The normalized spacial score (nSPS) is 29.6. The summed E-state index contributed by atoms with van der Waals surface area (Å²) in [5, 5.41) is 0.776. The van der Waals surface area contributed by atoms with Crippen molar-refractivity contribution in [1.82, 2.24) is 0 Å². The third-order valence-corrected chi connectivity index (χ3v) is 16.6. The molecule has 34 heavy (non-hydrogen) atoms. The summed E-state index contributed by atoms with van der Waals surface area (Å²) in [5.74, 6) is -0.617. The lowest BCUT2D eigenvalue weighted by Crippen LogP contribution is -2.39. The van der Waals surface area contributed by atoms with Crippen molar-refractivity contribution in [3.63, 3.8) is 0 Å². The number of esters is 2. The van der Waals surface area contributed by atoms with Gasteiger partial charge in [0.15, 0.2) is 0 Å². The highest BCUT2D eigenvalue weighted by Gasteiger charge is 2.75. The molecule has 3 aromatic carbocycles. The van der Waals surface area contributed by atoms with Crippen LogP contribution >= 0.6 is 15.2 Å². The van der Waals surface area contributed by atoms with Gasteiger partial charge in [0.05, 0.1) is 11.1 Å². The van der Waals surface area contributed by atoms with Gasteiger partial charge in [-0.1, -0.05) is 112 Å². The van der Waals surface area contributed by atoms with Crippen LogP contribution in [0.4, 0.5) is 0 Å². The van der Waals surface area contributed by atoms with Gasteiger partial charge in [-0.3, -0.25) is 9.59 Å². The third-order valence-electron chi connectivity index (χ3n) is 7.10. The van der Waals surface area contributed by atoms with Gasteiger partial charge < -0.3 is 4.74 Å². The zero-order valence-electron chi connectivity index (χ0n) is 19.2. The largest absolute Gasteiger partial charge is 0.392 e. The fourth-order valence-electron chi connectivity index (χ4n) is 6.03. The number of fused-ring (bicyclic) bond motifs is 5. The number of ether oxygens (including phenoxy) is 1. The van der Waals surface area contributed by atoms with E-state index in [0.717, 1.165) is 17.3 Å². The summed E-state index contributed by atoms with van der Waals surface area (Å²) in [7, 11) is -1.60. The Bertz CT molecular complexity index is 1290. The fourth-order valence-corrected chi connectivity index (χ4v) is 18.4. The molecule has 3 aliphatic rings. The highest BCUT2D eigenvalue weighted by Crippen LogP contribution is 3.00. The molecule has 3 aliphatic heterocycles. The molecule has 170 valence electrons. The predicted octanol–water partition coefficient (Wildman–Crippen LogP) is 7.08. The monoisotopic (exact) mass is 484 g/mol.